The molecular formula is C13H29NO2. The van der Waals surface area contributed by atoms with Crippen LogP contribution in [0.15, 0.2) is 0 Å². The second kappa shape index (κ2) is 8.97. The summed E-state index contributed by atoms with van der Waals surface area (Å²) in [7, 11) is 1.69. The Labute approximate surface area is 101 Å². The molecule has 98 valence electrons. The standard InChI is InChI=1S/C13H29NO2/c1-13(2,3)12(14)8-6-5-7-9-16-11-10-15-4/h12H,5-11,14H2,1-4H3. The molecule has 0 aliphatic carbocycles. The number of hydrogen-bond donors (Lipinski definition) is 1. The molecule has 0 amide bonds. The number of rotatable bonds is 9. The molecule has 0 aromatic rings. The van der Waals surface area contributed by atoms with Crippen molar-refractivity contribution in [2.24, 2.45) is 11.1 Å². The average molecular weight is 231 g/mol. The van der Waals surface area contributed by atoms with Crippen molar-refractivity contribution < 1.29 is 9.47 Å². The summed E-state index contributed by atoms with van der Waals surface area (Å²) in [4.78, 5) is 0. The van der Waals surface area contributed by atoms with Gasteiger partial charge in [0.25, 0.3) is 0 Å². The lowest BCUT2D eigenvalue weighted by molar-refractivity contribution is 0.0684. The van der Waals surface area contributed by atoms with Crippen molar-refractivity contribution in [3.63, 3.8) is 0 Å². The predicted molar refractivity (Wildman–Crippen MR) is 68.6 cm³/mol. The average Bonchev–Trinajstić information content (AvgIpc) is 2.20. The van der Waals surface area contributed by atoms with E-state index >= 15 is 0 Å². The van der Waals surface area contributed by atoms with Crippen molar-refractivity contribution >= 4 is 0 Å². The highest BCUT2D eigenvalue weighted by Crippen LogP contribution is 2.21. The first-order valence-electron chi connectivity index (χ1n) is 6.30. The van der Waals surface area contributed by atoms with Gasteiger partial charge in [-0.15, -0.1) is 0 Å². The summed E-state index contributed by atoms with van der Waals surface area (Å²) in [5.41, 5.74) is 6.31. The molecule has 2 N–H and O–H groups in total. The van der Waals surface area contributed by atoms with Gasteiger partial charge in [-0.1, -0.05) is 33.6 Å². The number of unbranched alkanes of at least 4 members (excludes halogenated alkanes) is 2. The summed E-state index contributed by atoms with van der Waals surface area (Å²) in [6, 6.07) is 0.307. The number of hydrogen-bond acceptors (Lipinski definition) is 3. The first kappa shape index (κ1) is 15.9. The third-order valence-corrected chi connectivity index (χ3v) is 2.85. The predicted octanol–water partition coefficient (Wildman–Crippen LogP) is 2.58. The molecule has 3 heteroatoms. The molecule has 0 heterocycles. The van der Waals surface area contributed by atoms with Crippen LogP contribution in [0.5, 0.6) is 0 Å². The van der Waals surface area contributed by atoms with Gasteiger partial charge in [-0.3, -0.25) is 0 Å². The molecule has 0 aromatic heterocycles. The fourth-order valence-electron chi connectivity index (χ4n) is 1.42. The van der Waals surface area contributed by atoms with Gasteiger partial charge in [0.2, 0.25) is 0 Å². The third-order valence-electron chi connectivity index (χ3n) is 2.85. The molecule has 0 bridgehead atoms. The summed E-state index contributed by atoms with van der Waals surface area (Å²) in [6.45, 7) is 8.84. The summed E-state index contributed by atoms with van der Waals surface area (Å²) < 4.78 is 10.3. The molecule has 0 aromatic carbocycles. The molecule has 0 aliphatic heterocycles. The van der Waals surface area contributed by atoms with Gasteiger partial charge in [-0.25, -0.2) is 0 Å². The minimum absolute atomic E-state index is 0.231. The lowest BCUT2D eigenvalue weighted by Crippen LogP contribution is -2.34. The van der Waals surface area contributed by atoms with Crippen molar-refractivity contribution in [3.8, 4) is 0 Å². The van der Waals surface area contributed by atoms with Gasteiger partial charge in [0.1, 0.15) is 0 Å². The zero-order valence-corrected chi connectivity index (χ0v) is 11.4. The van der Waals surface area contributed by atoms with Crippen LogP contribution in [0.25, 0.3) is 0 Å². The smallest absolute Gasteiger partial charge is 0.0700 e. The van der Waals surface area contributed by atoms with E-state index < -0.39 is 0 Å². The Balaban J connectivity index is 3.21. The van der Waals surface area contributed by atoms with E-state index in [0.29, 0.717) is 19.3 Å². The Kier molecular flexibility index (Phi) is 8.90. The van der Waals surface area contributed by atoms with Crippen molar-refractivity contribution in [3.05, 3.63) is 0 Å². The highest BCUT2D eigenvalue weighted by Gasteiger charge is 2.19. The maximum atomic E-state index is 6.08. The third kappa shape index (κ3) is 9.13. The van der Waals surface area contributed by atoms with Crippen LogP contribution in [0, 0.1) is 5.41 Å². The zero-order valence-electron chi connectivity index (χ0n) is 11.4. The molecule has 3 nitrogen and oxygen atoms in total. The lowest BCUT2D eigenvalue weighted by atomic mass is 9.84. The minimum Gasteiger partial charge on any atom is -0.382 e. The molecular weight excluding hydrogens is 202 g/mol. The Morgan fingerprint density at radius 3 is 2.25 bits per heavy atom. The van der Waals surface area contributed by atoms with Crippen LogP contribution < -0.4 is 5.73 Å². The summed E-state index contributed by atoms with van der Waals surface area (Å²) in [5.74, 6) is 0. The minimum atomic E-state index is 0.231. The van der Waals surface area contributed by atoms with E-state index in [9.17, 15) is 0 Å². The van der Waals surface area contributed by atoms with Gasteiger partial charge >= 0.3 is 0 Å². The monoisotopic (exact) mass is 231 g/mol. The highest BCUT2D eigenvalue weighted by molar-refractivity contribution is 4.76. The number of ether oxygens (including phenoxy) is 2. The van der Waals surface area contributed by atoms with Crippen LogP contribution in [0.1, 0.15) is 46.5 Å². The fraction of sp³-hybridized carbons (Fsp3) is 1.00. The van der Waals surface area contributed by atoms with E-state index in [-0.39, 0.29) is 5.41 Å². The Bertz CT molecular complexity index is 155. The highest BCUT2D eigenvalue weighted by atomic mass is 16.5. The number of nitrogens with two attached hydrogens (primary N) is 1. The van der Waals surface area contributed by atoms with Crippen molar-refractivity contribution in [1.29, 1.82) is 0 Å². The maximum absolute atomic E-state index is 6.08. The summed E-state index contributed by atoms with van der Waals surface area (Å²) in [6.07, 6.45) is 4.64. The topological polar surface area (TPSA) is 44.5 Å². The number of methoxy groups -OCH3 is 1. The van der Waals surface area contributed by atoms with Crippen molar-refractivity contribution in [2.45, 2.75) is 52.5 Å². The fourth-order valence-corrected chi connectivity index (χ4v) is 1.42. The molecule has 0 aliphatic rings. The van der Waals surface area contributed by atoms with Gasteiger partial charge in [0, 0.05) is 19.8 Å². The summed E-state index contributed by atoms with van der Waals surface area (Å²) >= 11 is 0. The maximum Gasteiger partial charge on any atom is 0.0700 e. The van der Waals surface area contributed by atoms with E-state index in [1.54, 1.807) is 7.11 Å². The van der Waals surface area contributed by atoms with Crippen molar-refractivity contribution in [2.75, 3.05) is 26.9 Å². The quantitative estimate of drug-likeness (QED) is 0.620. The van der Waals surface area contributed by atoms with Crippen molar-refractivity contribution in [1.82, 2.24) is 0 Å². The van der Waals surface area contributed by atoms with Gasteiger partial charge in [-0.2, -0.15) is 0 Å². The molecule has 0 saturated heterocycles. The first-order chi connectivity index (χ1) is 7.48. The second-order valence-electron chi connectivity index (χ2n) is 5.43. The summed E-state index contributed by atoms with van der Waals surface area (Å²) in [5, 5.41) is 0. The van der Waals surface area contributed by atoms with Crippen LogP contribution in [0.3, 0.4) is 0 Å². The van der Waals surface area contributed by atoms with Crippen LogP contribution in [0.2, 0.25) is 0 Å². The molecule has 0 spiro atoms. The molecule has 1 atom stereocenters. The molecule has 0 fully saturated rings. The van der Waals surface area contributed by atoms with Crippen LogP contribution in [-0.2, 0) is 9.47 Å². The van der Waals surface area contributed by atoms with Crippen LogP contribution in [0.4, 0.5) is 0 Å². The van der Waals surface area contributed by atoms with Crippen LogP contribution in [-0.4, -0.2) is 33.0 Å². The largest absolute Gasteiger partial charge is 0.382 e. The van der Waals surface area contributed by atoms with Gasteiger partial charge in [-0.05, 0) is 18.3 Å². The molecule has 0 radical (unpaired) electrons. The lowest BCUT2D eigenvalue weighted by Gasteiger charge is -2.26. The van der Waals surface area contributed by atoms with E-state index in [2.05, 4.69) is 20.8 Å². The van der Waals surface area contributed by atoms with E-state index in [4.69, 9.17) is 15.2 Å². The Morgan fingerprint density at radius 2 is 1.69 bits per heavy atom. The zero-order chi connectivity index (χ0) is 12.4. The normalized spacial score (nSPS) is 14.1. The Morgan fingerprint density at radius 1 is 1.00 bits per heavy atom. The first-order valence-corrected chi connectivity index (χ1v) is 6.30. The molecule has 1 unspecified atom stereocenters. The Hall–Kier alpha value is -0.120. The van der Waals surface area contributed by atoms with E-state index in [0.717, 1.165) is 19.4 Å². The molecule has 16 heavy (non-hydrogen) atoms. The van der Waals surface area contributed by atoms with E-state index in [1.165, 1.54) is 12.8 Å². The van der Waals surface area contributed by atoms with E-state index in [1.807, 2.05) is 0 Å². The van der Waals surface area contributed by atoms with Gasteiger partial charge in [0.05, 0.1) is 13.2 Å². The molecule has 0 saturated carbocycles. The molecule has 0 rings (SSSR count). The van der Waals surface area contributed by atoms with Gasteiger partial charge in [0.15, 0.2) is 0 Å². The van der Waals surface area contributed by atoms with Crippen LogP contribution >= 0.6 is 0 Å². The second-order valence-corrected chi connectivity index (χ2v) is 5.43. The SMILES string of the molecule is COCCOCCCCCC(N)C(C)(C)C. The van der Waals surface area contributed by atoms with Gasteiger partial charge < -0.3 is 15.2 Å².